The van der Waals surface area contributed by atoms with Crippen LogP contribution in [-0.2, 0) is 0 Å². The van der Waals surface area contributed by atoms with Crippen molar-refractivity contribution in [1.29, 1.82) is 0 Å². The Labute approximate surface area is 209 Å². The molecule has 5 rings (SSSR count). The summed E-state index contributed by atoms with van der Waals surface area (Å²) >= 11 is 6.19. The predicted molar refractivity (Wildman–Crippen MR) is 130 cm³/mol. The van der Waals surface area contributed by atoms with Crippen molar-refractivity contribution in [3.8, 4) is 5.75 Å². The number of piperidine rings is 1. The van der Waals surface area contributed by atoms with Crippen molar-refractivity contribution in [3.05, 3.63) is 63.2 Å². The second-order valence-electron chi connectivity index (χ2n) is 9.77. The smallest absolute Gasteiger partial charge is 0.261 e. The maximum absolute atomic E-state index is 13.3. The van der Waals surface area contributed by atoms with Crippen LogP contribution in [0.25, 0.3) is 0 Å². The lowest BCUT2D eigenvalue weighted by Gasteiger charge is -2.44. The van der Waals surface area contributed by atoms with Gasteiger partial charge in [0.1, 0.15) is 11.4 Å². The van der Waals surface area contributed by atoms with Crippen LogP contribution in [0, 0.1) is 6.92 Å². The van der Waals surface area contributed by atoms with E-state index in [1.165, 1.54) is 11.0 Å². The molecule has 7 nitrogen and oxygen atoms in total. The number of ether oxygens (including phenoxy) is 1. The van der Waals surface area contributed by atoms with Gasteiger partial charge in [0.15, 0.2) is 5.78 Å². The second kappa shape index (κ2) is 8.48. The monoisotopic (exact) mass is 494 g/mol. The summed E-state index contributed by atoms with van der Waals surface area (Å²) < 4.78 is 6.33. The van der Waals surface area contributed by atoms with Gasteiger partial charge in [0.05, 0.1) is 23.1 Å². The van der Waals surface area contributed by atoms with Gasteiger partial charge in [0.25, 0.3) is 17.7 Å². The number of rotatable bonds is 3. The van der Waals surface area contributed by atoms with Crippen molar-refractivity contribution in [2.75, 3.05) is 13.1 Å². The molecule has 3 aliphatic rings. The molecule has 8 heteroatoms. The fraction of sp³-hybridized carbons (Fsp3) is 0.407. The molecule has 0 saturated carbocycles. The van der Waals surface area contributed by atoms with Crippen molar-refractivity contribution in [2.24, 2.45) is 0 Å². The molecule has 0 bridgehead atoms. The first-order valence-electron chi connectivity index (χ1n) is 12.0. The van der Waals surface area contributed by atoms with Crippen LogP contribution in [0.3, 0.4) is 0 Å². The van der Waals surface area contributed by atoms with Gasteiger partial charge >= 0.3 is 0 Å². The minimum Gasteiger partial charge on any atom is -0.486 e. The van der Waals surface area contributed by atoms with Gasteiger partial charge in [-0.25, -0.2) is 0 Å². The lowest BCUT2D eigenvalue weighted by atomic mass is 9.82. The Morgan fingerprint density at radius 2 is 1.74 bits per heavy atom. The Morgan fingerprint density at radius 1 is 1.06 bits per heavy atom. The number of carbonyl (C=O) groups is 4. The SMILES string of the molecule is CCC(C)N1C(=O)c2ccc(C(=O)N3CCC4(CC3)CC(=O)c3cc(Cl)c(C)cc3O4)cc2C1=O. The van der Waals surface area contributed by atoms with Gasteiger partial charge in [-0.1, -0.05) is 18.5 Å². The summed E-state index contributed by atoms with van der Waals surface area (Å²) in [6, 6.07) is 7.99. The Balaban J connectivity index is 1.31. The Morgan fingerprint density at radius 3 is 2.43 bits per heavy atom. The molecule has 1 spiro atoms. The highest BCUT2D eigenvalue weighted by atomic mass is 35.5. The molecule has 3 aliphatic heterocycles. The normalized spacial score (nSPS) is 19.5. The molecule has 3 heterocycles. The second-order valence-corrected chi connectivity index (χ2v) is 10.2. The van der Waals surface area contributed by atoms with Crippen LogP contribution >= 0.6 is 11.6 Å². The van der Waals surface area contributed by atoms with Crippen molar-refractivity contribution >= 4 is 35.1 Å². The van der Waals surface area contributed by atoms with Gasteiger partial charge in [-0.3, -0.25) is 24.1 Å². The number of hydrogen-bond donors (Lipinski definition) is 0. The van der Waals surface area contributed by atoms with Crippen molar-refractivity contribution in [2.45, 2.75) is 58.1 Å². The molecule has 1 atom stereocenters. The van der Waals surface area contributed by atoms with E-state index in [4.69, 9.17) is 16.3 Å². The zero-order valence-electron chi connectivity index (χ0n) is 20.0. The summed E-state index contributed by atoms with van der Waals surface area (Å²) in [6.07, 6.45) is 1.96. The topological polar surface area (TPSA) is 84.0 Å². The fourth-order valence-electron chi connectivity index (χ4n) is 5.17. The lowest BCUT2D eigenvalue weighted by molar-refractivity contribution is -0.00575. The summed E-state index contributed by atoms with van der Waals surface area (Å²) in [6.45, 7) is 6.48. The van der Waals surface area contributed by atoms with E-state index in [0.29, 0.717) is 59.8 Å². The minimum absolute atomic E-state index is 0.000546. The number of fused-ring (bicyclic) bond motifs is 2. The lowest BCUT2D eigenvalue weighted by Crippen LogP contribution is -2.52. The molecule has 0 radical (unpaired) electrons. The number of hydrogen-bond acceptors (Lipinski definition) is 5. The number of carbonyl (C=O) groups excluding carboxylic acids is 4. The molecule has 3 amide bonds. The maximum atomic E-state index is 13.3. The summed E-state index contributed by atoms with van der Waals surface area (Å²) in [4.78, 5) is 54.6. The predicted octanol–water partition coefficient (Wildman–Crippen LogP) is 4.68. The number of ketones is 1. The third-order valence-electron chi connectivity index (χ3n) is 7.53. The summed E-state index contributed by atoms with van der Waals surface area (Å²) in [5.41, 5.74) is 1.71. The van der Waals surface area contributed by atoms with E-state index in [9.17, 15) is 19.2 Å². The van der Waals surface area contributed by atoms with Crippen LogP contribution in [0.2, 0.25) is 5.02 Å². The fourth-order valence-corrected chi connectivity index (χ4v) is 5.33. The number of aryl methyl sites for hydroxylation is 1. The van der Waals surface area contributed by atoms with Crippen LogP contribution < -0.4 is 4.74 Å². The van der Waals surface area contributed by atoms with E-state index in [-0.39, 0.29) is 41.5 Å². The standard InChI is InChI=1S/C27H27ClN2O5/c1-4-16(3)30-25(33)18-6-5-17(12-19(18)26(30)34)24(32)29-9-7-27(8-10-29)14-22(31)20-13-21(28)15(2)11-23(20)35-27/h5-6,11-13,16H,4,7-10,14H2,1-3H3. The van der Waals surface area contributed by atoms with E-state index in [2.05, 4.69) is 0 Å². The first kappa shape index (κ1) is 23.5. The average Bonchev–Trinajstić information content (AvgIpc) is 3.09. The van der Waals surface area contributed by atoms with Gasteiger partial charge in [0.2, 0.25) is 0 Å². The number of Topliss-reactive ketones (excluding diaryl/α,β-unsaturated/α-hetero) is 1. The van der Waals surface area contributed by atoms with Gasteiger partial charge in [-0.05, 0) is 56.2 Å². The molecule has 2 aromatic carbocycles. The van der Waals surface area contributed by atoms with Gasteiger partial charge in [-0.2, -0.15) is 0 Å². The van der Waals surface area contributed by atoms with E-state index in [0.717, 1.165) is 5.56 Å². The largest absolute Gasteiger partial charge is 0.486 e. The zero-order valence-corrected chi connectivity index (χ0v) is 20.8. The number of nitrogens with zero attached hydrogens (tertiary/aromatic N) is 2. The molecular formula is C27H27ClN2O5. The Kier molecular flexibility index (Phi) is 5.71. The highest BCUT2D eigenvalue weighted by molar-refractivity contribution is 6.32. The minimum atomic E-state index is -0.641. The molecule has 2 aromatic rings. The molecule has 0 aromatic heterocycles. The Bertz CT molecular complexity index is 1280. The van der Waals surface area contributed by atoms with Crippen molar-refractivity contribution in [3.63, 3.8) is 0 Å². The number of imide groups is 1. The molecule has 1 unspecified atom stereocenters. The molecule has 182 valence electrons. The quantitative estimate of drug-likeness (QED) is 0.578. The Hall–Kier alpha value is -3.19. The van der Waals surface area contributed by atoms with E-state index >= 15 is 0 Å². The number of amides is 3. The molecule has 35 heavy (non-hydrogen) atoms. The van der Waals surface area contributed by atoms with E-state index < -0.39 is 5.60 Å². The average molecular weight is 495 g/mol. The maximum Gasteiger partial charge on any atom is 0.261 e. The number of likely N-dealkylation sites (tertiary alicyclic amines) is 1. The highest BCUT2D eigenvalue weighted by Crippen LogP contribution is 2.41. The summed E-state index contributed by atoms with van der Waals surface area (Å²) in [5.74, 6) is -0.310. The highest BCUT2D eigenvalue weighted by Gasteiger charge is 2.44. The number of benzene rings is 2. The van der Waals surface area contributed by atoms with Gasteiger partial charge in [-0.15, -0.1) is 0 Å². The molecule has 1 fully saturated rings. The molecule has 0 N–H and O–H groups in total. The van der Waals surface area contributed by atoms with Crippen LogP contribution in [-0.4, -0.2) is 58.0 Å². The zero-order chi connectivity index (χ0) is 25.1. The first-order valence-corrected chi connectivity index (χ1v) is 12.4. The molecule has 1 saturated heterocycles. The summed E-state index contributed by atoms with van der Waals surface area (Å²) in [5, 5.41) is 0.541. The van der Waals surface area contributed by atoms with Crippen LogP contribution in [0.15, 0.2) is 30.3 Å². The third kappa shape index (κ3) is 3.82. The first-order chi connectivity index (χ1) is 16.6. The van der Waals surface area contributed by atoms with Crippen LogP contribution in [0.5, 0.6) is 5.75 Å². The van der Waals surface area contributed by atoms with E-state index in [1.807, 2.05) is 20.8 Å². The molecule has 0 aliphatic carbocycles. The van der Waals surface area contributed by atoms with Crippen molar-refractivity contribution < 1.29 is 23.9 Å². The van der Waals surface area contributed by atoms with Crippen LogP contribution in [0.4, 0.5) is 0 Å². The van der Waals surface area contributed by atoms with E-state index in [1.54, 1.807) is 29.2 Å². The van der Waals surface area contributed by atoms with Crippen LogP contribution in [0.1, 0.15) is 86.5 Å². The molecular weight excluding hydrogens is 468 g/mol. The van der Waals surface area contributed by atoms with Crippen molar-refractivity contribution in [1.82, 2.24) is 9.80 Å². The number of halogens is 1. The van der Waals surface area contributed by atoms with Gasteiger partial charge < -0.3 is 9.64 Å². The third-order valence-corrected chi connectivity index (χ3v) is 7.94. The van der Waals surface area contributed by atoms with Gasteiger partial charge in [0, 0.05) is 42.6 Å². The summed E-state index contributed by atoms with van der Waals surface area (Å²) in [7, 11) is 0.